The molecule has 0 fully saturated rings. The highest BCUT2D eigenvalue weighted by molar-refractivity contribution is 6.14. The predicted octanol–water partition coefficient (Wildman–Crippen LogP) is 2.90. The molecule has 31 heavy (non-hydrogen) atoms. The van der Waals surface area contributed by atoms with Gasteiger partial charge in [0.25, 0.3) is 5.69 Å². The van der Waals surface area contributed by atoms with Crippen LogP contribution in [-0.2, 0) is 6.42 Å². The summed E-state index contributed by atoms with van der Waals surface area (Å²) >= 11 is 0. The fraction of sp³-hybridized carbons (Fsp3) is 0.286. The van der Waals surface area contributed by atoms with Crippen molar-refractivity contribution in [1.29, 1.82) is 5.26 Å². The molecular weight excluding hydrogens is 402 g/mol. The Morgan fingerprint density at radius 3 is 2.48 bits per heavy atom. The largest absolute Gasteiger partial charge is 0.454 e. The summed E-state index contributed by atoms with van der Waals surface area (Å²) < 4.78 is 11.0. The number of nitriles is 1. The zero-order chi connectivity index (χ0) is 22.3. The molecular formula is C21H19N5O5. The van der Waals surface area contributed by atoms with Crippen molar-refractivity contribution >= 4 is 17.4 Å². The van der Waals surface area contributed by atoms with Gasteiger partial charge in [0.15, 0.2) is 17.0 Å². The number of non-ortho nitro benzene ring substituents is 1. The Bertz CT molecular complexity index is 1150. The maximum Gasteiger partial charge on any atom is 0.341 e. The van der Waals surface area contributed by atoms with E-state index in [0.29, 0.717) is 28.3 Å². The highest BCUT2D eigenvalue weighted by Gasteiger charge is 2.41. The van der Waals surface area contributed by atoms with Crippen LogP contribution in [0.1, 0.15) is 23.6 Å². The van der Waals surface area contributed by atoms with E-state index in [1.54, 1.807) is 45.3 Å². The van der Waals surface area contributed by atoms with Crippen molar-refractivity contribution in [3.63, 3.8) is 0 Å². The first kappa shape index (κ1) is 20.2. The number of hydrogen-bond acceptors (Lipinski definition) is 7. The van der Waals surface area contributed by atoms with Gasteiger partial charge in [-0.25, -0.2) is 4.79 Å². The molecule has 2 amide bonds. The summed E-state index contributed by atoms with van der Waals surface area (Å²) in [7, 11) is 3.16. The lowest BCUT2D eigenvalue weighted by Crippen LogP contribution is -2.50. The van der Waals surface area contributed by atoms with E-state index in [-0.39, 0.29) is 18.9 Å². The number of hydrogen-bond donors (Lipinski definition) is 0. The molecule has 0 spiro atoms. The first-order valence-electron chi connectivity index (χ1n) is 9.42. The molecule has 0 saturated heterocycles. The van der Waals surface area contributed by atoms with Gasteiger partial charge in [-0.2, -0.15) is 15.4 Å². The number of nitro benzene ring substituents is 1. The number of nitrogens with zero attached hydrogens (tertiary/aromatic N) is 5. The summed E-state index contributed by atoms with van der Waals surface area (Å²) in [6.07, 6.45) is 0.203. The van der Waals surface area contributed by atoms with Crippen LogP contribution in [0.3, 0.4) is 0 Å². The average molecular weight is 421 g/mol. The molecule has 0 saturated carbocycles. The van der Waals surface area contributed by atoms with Crippen LogP contribution < -0.4 is 9.47 Å². The lowest BCUT2D eigenvalue weighted by molar-refractivity contribution is -0.384. The topological polar surface area (TPSA) is 121 Å². The van der Waals surface area contributed by atoms with Gasteiger partial charge in [0.05, 0.1) is 16.7 Å². The molecule has 1 atom stereocenters. The number of amides is 2. The molecule has 0 bridgehead atoms. The maximum absolute atomic E-state index is 13.0. The van der Waals surface area contributed by atoms with Crippen molar-refractivity contribution in [2.75, 3.05) is 20.9 Å². The van der Waals surface area contributed by atoms with E-state index in [1.807, 2.05) is 0 Å². The van der Waals surface area contributed by atoms with Crippen LogP contribution >= 0.6 is 0 Å². The van der Waals surface area contributed by atoms with E-state index in [2.05, 4.69) is 11.2 Å². The minimum absolute atomic E-state index is 0.0630. The first-order valence-corrected chi connectivity index (χ1v) is 9.42. The van der Waals surface area contributed by atoms with Gasteiger partial charge in [-0.1, -0.05) is 0 Å². The summed E-state index contributed by atoms with van der Waals surface area (Å²) in [6, 6.07) is 11.2. The third-order valence-electron chi connectivity index (χ3n) is 5.21. The first-order chi connectivity index (χ1) is 14.7. The van der Waals surface area contributed by atoms with Gasteiger partial charge in [-0.05, 0) is 36.8 Å². The predicted molar refractivity (Wildman–Crippen MR) is 110 cm³/mol. The van der Waals surface area contributed by atoms with Crippen LogP contribution in [-0.4, -0.2) is 53.0 Å². The van der Waals surface area contributed by atoms with Crippen LogP contribution in [0.5, 0.6) is 11.5 Å². The van der Waals surface area contributed by atoms with Crippen molar-refractivity contribution in [2.24, 2.45) is 5.10 Å². The van der Waals surface area contributed by atoms with E-state index in [0.717, 1.165) is 10.6 Å². The van der Waals surface area contributed by atoms with Gasteiger partial charge >= 0.3 is 6.03 Å². The molecule has 0 aliphatic carbocycles. The van der Waals surface area contributed by atoms with Gasteiger partial charge < -0.3 is 14.4 Å². The smallest absolute Gasteiger partial charge is 0.341 e. The van der Waals surface area contributed by atoms with E-state index in [9.17, 15) is 20.2 Å². The van der Waals surface area contributed by atoms with Crippen LogP contribution in [0.2, 0.25) is 0 Å². The molecule has 0 aromatic heterocycles. The molecule has 158 valence electrons. The summed E-state index contributed by atoms with van der Waals surface area (Å²) in [5.41, 5.74) is 1.04. The molecule has 1 unspecified atom stereocenters. The number of benzene rings is 2. The molecule has 2 aromatic rings. The van der Waals surface area contributed by atoms with Crippen LogP contribution in [0.25, 0.3) is 0 Å². The monoisotopic (exact) mass is 421 g/mol. The second kappa shape index (κ2) is 7.28. The molecule has 4 rings (SSSR count). The zero-order valence-corrected chi connectivity index (χ0v) is 17.2. The third-order valence-corrected chi connectivity index (χ3v) is 5.21. The lowest BCUT2D eigenvalue weighted by atomic mass is 9.89. The Balaban J connectivity index is 1.96. The van der Waals surface area contributed by atoms with Crippen LogP contribution in [0, 0.1) is 21.4 Å². The minimum atomic E-state index is -1.27. The SMILES string of the molecule is CN(C)C(=O)N1N=C(c2ccc([N+](=O)[O-])cc2)c2cc3c(cc2CC1(C)C#N)OCO3. The Morgan fingerprint density at radius 2 is 1.90 bits per heavy atom. The normalized spacial score (nSPS) is 19.0. The highest BCUT2D eigenvalue weighted by Crippen LogP contribution is 2.39. The number of fused-ring (bicyclic) bond motifs is 2. The number of rotatable bonds is 2. The van der Waals surface area contributed by atoms with Crippen molar-refractivity contribution in [3.8, 4) is 17.6 Å². The van der Waals surface area contributed by atoms with Crippen molar-refractivity contribution in [2.45, 2.75) is 18.9 Å². The van der Waals surface area contributed by atoms with Gasteiger partial charge in [0.1, 0.15) is 0 Å². The third kappa shape index (κ3) is 3.40. The number of carbonyl (C=O) groups is 1. The fourth-order valence-corrected chi connectivity index (χ4v) is 3.55. The number of hydrazone groups is 1. The molecule has 2 aliphatic heterocycles. The van der Waals surface area contributed by atoms with Gasteiger partial charge in [0.2, 0.25) is 6.79 Å². The summed E-state index contributed by atoms with van der Waals surface area (Å²) in [5.74, 6) is 1.08. The number of carbonyl (C=O) groups excluding carboxylic acids is 1. The van der Waals surface area contributed by atoms with Crippen molar-refractivity contribution in [3.05, 3.63) is 63.2 Å². The number of ether oxygens (including phenoxy) is 2. The molecule has 0 N–H and O–H groups in total. The zero-order valence-electron chi connectivity index (χ0n) is 17.2. The minimum Gasteiger partial charge on any atom is -0.454 e. The summed E-state index contributed by atoms with van der Waals surface area (Å²) in [6.45, 7) is 1.73. The molecule has 2 aromatic carbocycles. The van der Waals surface area contributed by atoms with Crippen molar-refractivity contribution < 1.29 is 19.2 Å². The van der Waals surface area contributed by atoms with E-state index >= 15 is 0 Å². The summed E-state index contributed by atoms with van der Waals surface area (Å²) in [4.78, 5) is 24.9. The van der Waals surface area contributed by atoms with E-state index in [4.69, 9.17) is 9.47 Å². The highest BCUT2D eigenvalue weighted by atomic mass is 16.7. The Labute approximate surface area is 178 Å². The number of urea groups is 1. The Kier molecular flexibility index (Phi) is 4.74. The molecule has 10 heteroatoms. The van der Waals surface area contributed by atoms with Gasteiger partial charge in [-0.3, -0.25) is 10.1 Å². The second-order valence-electron chi connectivity index (χ2n) is 7.67. The van der Waals surface area contributed by atoms with E-state index in [1.165, 1.54) is 17.0 Å². The molecule has 2 heterocycles. The van der Waals surface area contributed by atoms with E-state index < -0.39 is 16.5 Å². The Hall–Kier alpha value is -4.13. The van der Waals surface area contributed by atoms with Crippen LogP contribution in [0.4, 0.5) is 10.5 Å². The Morgan fingerprint density at radius 1 is 1.26 bits per heavy atom. The lowest BCUT2D eigenvalue weighted by Gasteiger charge is -2.32. The molecule has 2 aliphatic rings. The fourth-order valence-electron chi connectivity index (χ4n) is 3.55. The standard InChI is InChI=1S/C21H19N5O5/c1-21(11-22)10-14-8-17-18(31-12-30-17)9-16(14)19(23-25(21)20(27)24(2)3)13-4-6-15(7-5-13)26(28)29/h4-9H,10,12H2,1-3H3. The van der Waals surface area contributed by atoms with Crippen molar-refractivity contribution in [1.82, 2.24) is 9.91 Å². The van der Waals surface area contributed by atoms with Gasteiger partial charge in [-0.15, -0.1) is 0 Å². The quantitative estimate of drug-likeness (QED) is 0.543. The average Bonchev–Trinajstić information content (AvgIpc) is 3.16. The van der Waals surface area contributed by atoms with Gasteiger partial charge in [0, 0.05) is 43.8 Å². The maximum atomic E-state index is 13.0. The van der Waals surface area contributed by atoms with Crippen LogP contribution in [0.15, 0.2) is 41.5 Å². The summed E-state index contributed by atoms with van der Waals surface area (Å²) in [5, 5.41) is 26.8. The second-order valence-corrected chi connectivity index (χ2v) is 7.67. The molecule has 0 radical (unpaired) electrons. The number of nitro groups is 1. The molecule has 10 nitrogen and oxygen atoms in total.